The van der Waals surface area contributed by atoms with Gasteiger partial charge < -0.3 is 15.7 Å². The molecule has 5 nitrogen and oxygen atoms in total. The molecule has 0 aromatic heterocycles. The predicted molar refractivity (Wildman–Crippen MR) is 52.9 cm³/mol. The van der Waals surface area contributed by atoms with Crippen molar-refractivity contribution in [2.24, 2.45) is 0 Å². The van der Waals surface area contributed by atoms with Crippen LogP contribution in [0.5, 0.6) is 0 Å². The molecule has 0 aromatic rings. The molecule has 0 aromatic carbocycles. The summed E-state index contributed by atoms with van der Waals surface area (Å²) in [6.45, 7) is 2.76. The standard InChI is InChI=1S/C9H16N2O3/c1-7(5-9(13)14)6-11-4-3-8(12)10-2/h5,11H,3-4,6H2,1-2H3,(H,10,12)(H,13,14). The maximum absolute atomic E-state index is 10.8. The Morgan fingerprint density at radius 1 is 1.43 bits per heavy atom. The molecule has 0 heterocycles. The predicted octanol–water partition coefficient (Wildman–Crippen LogP) is -0.257. The van der Waals surface area contributed by atoms with Crippen LogP contribution in [0.25, 0.3) is 0 Å². The molecule has 0 aliphatic heterocycles. The highest BCUT2D eigenvalue weighted by Crippen LogP contribution is 1.89. The van der Waals surface area contributed by atoms with Crippen LogP contribution in [0.1, 0.15) is 13.3 Å². The van der Waals surface area contributed by atoms with Gasteiger partial charge in [-0.2, -0.15) is 0 Å². The van der Waals surface area contributed by atoms with Crippen molar-refractivity contribution in [3.8, 4) is 0 Å². The highest BCUT2D eigenvalue weighted by atomic mass is 16.4. The zero-order valence-electron chi connectivity index (χ0n) is 8.46. The Labute approximate surface area is 83.2 Å². The molecule has 1 amide bonds. The molecule has 0 bridgehead atoms. The zero-order valence-corrected chi connectivity index (χ0v) is 8.46. The van der Waals surface area contributed by atoms with Gasteiger partial charge in [0.1, 0.15) is 0 Å². The number of carbonyl (C=O) groups excluding carboxylic acids is 1. The van der Waals surface area contributed by atoms with Crippen molar-refractivity contribution in [1.82, 2.24) is 10.6 Å². The van der Waals surface area contributed by atoms with Crippen molar-refractivity contribution >= 4 is 11.9 Å². The van der Waals surface area contributed by atoms with Crippen molar-refractivity contribution in [2.75, 3.05) is 20.1 Å². The SMILES string of the molecule is CNC(=O)CCNCC(C)=CC(=O)O. The van der Waals surface area contributed by atoms with Gasteiger partial charge in [-0.25, -0.2) is 4.79 Å². The molecule has 0 spiro atoms. The van der Waals surface area contributed by atoms with Crippen molar-refractivity contribution in [3.05, 3.63) is 11.6 Å². The topological polar surface area (TPSA) is 78.4 Å². The Hall–Kier alpha value is -1.36. The summed E-state index contributed by atoms with van der Waals surface area (Å²) in [4.78, 5) is 21.0. The Balaban J connectivity index is 3.55. The average Bonchev–Trinajstić information content (AvgIpc) is 2.10. The lowest BCUT2D eigenvalue weighted by atomic mass is 10.3. The maximum Gasteiger partial charge on any atom is 0.328 e. The highest BCUT2D eigenvalue weighted by Gasteiger charge is 1.97. The van der Waals surface area contributed by atoms with Crippen LogP contribution in [-0.4, -0.2) is 37.1 Å². The van der Waals surface area contributed by atoms with E-state index >= 15 is 0 Å². The Bertz CT molecular complexity index is 236. The highest BCUT2D eigenvalue weighted by molar-refractivity contribution is 5.80. The number of carboxylic acids is 1. The van der Waals surface area contributed by atoms with Crippen LogP contribution in [0, 0.1) is 0 Å². The first-order chi connectivity index (χ1) is 6.56. The van der Waals surface area contributed by atoms with Crippen LogP contribution >= 0.6 is 0 Å². The molecule has 0 saturated heterocycles. The minimum atomic E-state index is -0.949. The fourth-order valence-electron chi connectivity index (χ4n) is 0.874. The van der Waals surface area contributed by atoms with Crippen LogP contribution in [-0.2, 0) is 9.59 Å². The molecule has 5 heteroatoms. The van der Waals surface area contributed by atoms with Gasteiger partial charge in [-0.05, 0) is 6.92 Å². The molecule has 0 fully saturated rings. The van der Waals surface area contributed by atoms with E-state index in [9.17, 15) is 9.59 Å². The average molecular weight is 200 g/mol. The molecule has 0 radical (unpaired) electrons. The molecule has 0 rings (SSSR count). The second kappa shape index (κ2) is 7.08. The van der Waals surface area contributed by atoms with E-state index in [-0.39, 0.29) is 5.91 Å². The van der Waals surface area contributed by atoms with Crippen LogP contribution in [0.4, 0.5) is 0 Å². The third-order valence-corrected chi connectivity index (χ3v) is 1.58. The molecular weight excluding hydrogens is 184 g/mol. The molecule has 80 valence electrons. The quantitative estimate of drug-likeness (QED) is 0.408. The van der Waals surface area contributed by atoms with Gasteiger partial charge >= 0.3 is 5.97 Å². The summed E-state index contributed by atoms with van der Waals surface area (Å²) >= 11 is 0. The van der Waals surface area contributed by atoms with Gasteiger partial charge in [0, 0.05) is 32.6 Å². The van der Waals surface area contributed by atoms with Crippen molar-refractivity contribution < 1.29 is 14.7 Å². The number of carboxylic acid groups (broad SMARTS) is 1. The van der Waals surface area contributed by atoms with Gasteiger partial charge in [0.25, 0.3) is 0 Å². The molecule has 0 atom stereocenters. The third kappa shape index (κ3) is 7.30. The molecule has 0 saturated carbocycles. The molecule has 0 aliphatic rings. The number of hydrogen-bond acceptors (Lipinski definition) is 3. The van der Waals surface area contributed by atoms with Gasteiger partial charge in [-0.1, -0.05) is 5.57 Å². The van der Waals surface area contributed by atoms with Crippen LogP contribution in [0.2, 0.25) is 0 Å². The van der Waals surface area contributed by atoms with E-state index in [0.29, 0.717) is 19.5 Å². The summed E-state index contributed by atoms with van der Waals surface area (Å²) in [5.41, 5.74) is 0.731. The Kier molecular flexibility index (Phi) is 6.39. The number of amides is 1. The van der Waals surface area contributed by atoms with Crippen molar-refractivity contribution in [1.29, 1.82) is 0 Å². The first kappa shape index (κ1) is 12.6. The smallest absolute Gasteiger partial charge is 0.328 e. The van der Waals surface area contributed by atoms with E-state index in [1.54, 1.807) is 14.0 Å². The van der Waals surface area contributed by atoms with E-state index < -0.39 is 5.97 Å². The monoisotopic (exact) mass is 200 g/mol. The van der Waals surface area contributed by atoms with E-state index in [1.807, 2.05) is 0 Å². The van der Waals surface area contributed by atoms with E-state index in [1.165, 1.54) is 0 Å². The van der Waals surface area contributed by atoms with Gasteiger partial charge in [0.05, 0.1) is 0 Å². The summed E-state index contributed by atoms with van der Waals surface area (Å²) in [5, 5.41) is 13.9. The second-order valence-corrected chi connectivity index (χ2v) is 2.93. The molecule has 0 unspecified atom stereocenters. The lowest BCUT2D eigenvalue weighted by Crippen LogP contribution is -2.25. The summed E-state index contributed by atoms with van der Waals surface area (Å²) < 4.78 is 0. The Morgan fingerprint density at radius 3 is 2.57 bits per heavy atom. The fourth-order valence-corrected chi connectivity index (χ4v) is 0.874. The van der Waals surface area contributed by atoms with Gasteiger partial charge in [0.15, 0.2) is 0 Å². The minimum Gasteiger partial charge on any atom is -0.478 e. The van der Waals surface area contributed by atoms with E-state index in [2.05, 4.69) is 10.6 Å². The number of carbonyl (C=O) groups is 2. The zero-order chi connectivity index (χ0) is 11.0. The fraction of sp³-hybridized carbons (Fsp3) is 0.556. The molecule has 14 heavy (non-hydrogen) atoms. The second-order valence-electron chi connectivity index (χ2n) is 2.93. The third-order valence-electron chi connectivity index (χ3n) is 1.58. The summed E-state index contributed by atoms with van der Waals surface area (Å²) in [5.74, 6) is -0.979. The van der Waals surface area contributed by atoms with Gasteiger partial charge in [0.2, 0.25) is 5.91 Å². The summed E-state index contributed by atoms with van der Waals surface area (Å²) in [7, 11) is 1.58. The molecular formula is C9H16N2O3. The number of aliphatic carboxylic acids is 1. The number of nitrogens with one attached hydrogen (secondary N) is 2. The van der Waals surface area contributed by atoms with Gasteiger partial charge in [-0.15, -0.1) is 0 Å². The molecule has 0 aliphatic carbocycles. The summed E-state index contributed by atoms with van der Waals surface area (Å²) in [6, 6.07) is 0. The minimum absolute atomic E-state index is 0.0302. The van der Waals surface area contributed by atoms with E-state index in [4.69, 9.17) is 5.11 Å². The lowest BCUT2D eigenvalue weighted by molar-refractivity contribution is -0.131. The van der Waals surface area contributed by atoms with Crippen molar-refractivity contribution in [3.63, 3.8) is 0 Å². The first-order valence-corrected chi connectivity index (χ1v) is 4.37. The number of rotatable bonds is 6. The van der Waals surface area contributed by atoms with E-state index in [0.717, 1.165) is 11.6 Å². The van der Waals surface area contributed by atoms with Crippen LogP contribution in [0.3, 0.4) is 0 Å². The van der Waals surface area contributed by atoms with Crippen LogP contribution in [0.15, 0.2) is 11.6 Å². The number of hydrogen-bond donors (Lipinski definition) is 3. The largest absolute Gasteiger partial charge is 0.478 e. The normalized spacial score (nSPS) is 11.1. The van der Waals surface area contributed by atoms with Crippen LogP contribution < -0.4 is 10.6 Å². The van der Waals surface area contributed by atoms with Gasteiger partial charge in [-0.3, -0.25) is 4.79 Å². The molecule has 3 N–H and O–H groups in total. The maximum atomic E-state index is 10.8. The van der Waals surface area contributed by atoms with Crippen molar-refractivity contribution in [2.45, 2.75) is 13.3 Å². The first-order valence-electron chi connectivity index (χ1n) is 4.37. The Morgan fingerprint density at radius 2 is 2.07 bits per heavy atom. The lowest BCUT2D eigenvalue weighted by Gasteiger charge is -2.03. The summed E-state index contributed by atoms with van der Waals surface area (Å²) in [6.07, 6.45) is 1.55.